The Morgan fingerprint density at radius 2 is 2.30 bits per heavy atom. The Balaban J connectivity index is 2.51. The van der Waals surface area contributed by atoms with E-state index in [0.717, 1.165) is 0 Å². The average Bonchev–Trinajstić information content (AvgIpc) is 1.87. The molecule has 1 N–H and O–H groups in total. The van der Waals surface area contributed by atoms with Crippen molar-refractivity contribution in [3.8, 4) is 0 Å². The van der Waals surface area contributed by atoms with Crippen LogP contribution < -0.4 is 0 Å². The van der Waals surface area contributed by atoms with E-state index >= 15 is 0 Å². The standard InChI is InChI=1S/C6H10F2O2/c7-6(8)1-2-10-4-5(6)3-9/h5,9H,1-4H2. The third-order valence-corrected chi connectivity index (χ3v) is 1.72. The summed E-state index contributed by atoms with van der Waals surface area (Å²) in [6.07, 6.45) is -0.266. The predicted molar refractivity (Wildman–Crippen MR) is 31.0 cm³/mol. The van der Waals surface area contributed by atoms with Crippen LogP contribution >= 0.6 is 0 Å². The molecule has 1 rings (SSSR count). The van der Waals surface area contributed by atoms with Gasteiger partial charge < -0.3 is 9.84 Å². The Bertz CT molecular complexity index is 116. The lowest BCUT2D eigenvalue weighted by atomic mass is 9.99. The largest absolute Gasteiger partial charge is 0.396 e. The van der Waals surface area contributed by atoms with Crippen LogP contribution in [0.5, 0.6) is 0 Å². The molecule has 4 heteroatoms. The number of hydrogen-bond acceptors (Lipinski definition) is 2. The summed E-state index contributed by atoms with van der Waals surface area (Å²) in [6.45, 7) is -0.417. The van der Waals surface area contributed by atoms with Crippen molar-refractivity contribution in [3.05, 3.63) is 0 Å². The van der Waals surface area contributed by atoms with Crippen LogP contribution in [-0.4, -0.2) is 30.8 Å². The molecule has 60 valence electrons. The molecule has 1 unspecified atom stereocenters. The average molecular weight is 152 g/mol. The van der Waals surface area contributed by atoms with Crippen molar-refractivity contribution in [1.82, 2.24) is 0 Å². The number of aliphatic hydroxyl groups is 1. The quantitative estimate of drug-likeness (QED) is 0.597. The third-order valence-electron chi connectivity index (χ3n) is 1.72. The maximum absolute atomic E-state index is 12.6. The first-order chi connectivity index (χ1) is 4.67. The lowest BCUT2D eigenvalue weighted by Crippen LogP contribution is -2.39. The van der Waals surface area contributed by atoms with Crippen LogP contribution in [0.15, 0.2) is 0 Å². The highest BCUT2D eigenvalue weighted by Crippen LogP contribution is 2.31. The zero-order valence-electron chi connectivity index (χ0n) is 5.52. The zero-order valence-corrected chi connectivity index (χ0v) is 5.52. The minimum absolute atomic E-state index is 0.0243. The Hall–Kier alpha value is -0.220. The molecule has 0 bridgehead atoms. The molecule has 0 aromatic carbocycles. The van der Waals surface area contributed by atoms with Gasteiger partial charge in [-0.15, -0.1) is 0 Å². The highest BCUT2D eigenvalue weighted by Gasteiger charge is 2.41. The maximum atomic E-state index is 12.6. The minimum atomic E-state index is -2.73. The van der Waals surface area contributed by atoms with Crippen molar-refractivity contribution in [2.45, 2.75) is 12.3 Å². The fourth-order valence-electron chi connectivity index (χ4n) is 0.946. The molecule has 1 heterocycles. The fourth-order valence-corrected chi connectivity index (χ4v) is 0.946. The number of aliphatic hydroxyl groups excluding tert-OH is 1. The fraction of sp³-hybridized carbons (Fsp3) is 1.00. The van der Waals surface area contributed by atoms with Crippen LogP contribution in [0.4, 0.5) is 8.78 Å². The van der Waals surface area contributed by atoms with E-state index in [1.165, 1.54) is 0 Å². The summed E-state index contributed by atoms with van der Waals surface area (Å²) in [4.78, 5) is 0. The highest BCUT2D eigenvalue weighted by atomic mass is 19.3. The van der Waals surface area contributed by atoms with Crippen molar-refractivity contribution >= 4 is 0 Å². The molecule has 10 heavy (non-hydrogen) atoms. The lowest BCUT2D eigenvalue weighted by molar-refractivity contribution is -0.152. The normalized spacial score (nSPS) is 32.1. The van der Waals surface area contributed by atoms with Gasteiger partial charge in [-0.25, -0.2) is 8.78 Å². The summed E-state index contributed by atoms with van der Waals surface area (Å²) in [5.74, 6) is -3.73. The second-order valence-corrected chi connectivity index (χ2v) is 2.47. The summed E-state index contributed by atoms with van der Waals surface area (Å²) in [6, 6.07) is 0. The second-order valence-electron chi connectivity index (χ2n) is 2.47. The molecule has 0 spiro atoms. The molecule has 0 aliphatic carbocycles. The van der Waals surface area contributed by atoms with Crippen LogP contribution in [0.3, 0.4) is 0 Å². The van der Waals surface area contributed by atoms with Gasteiger partial charge in [-0.1, -0.05) is 0 Å². The Morgan fingerprint density at radius 3 is 2.70 bits per heavy atom. The molecule has 2 nitrogen and oxygen atoms in total. The summed E-state index contributed by atoms with van der Waals surface area (Å²) in [5.41, 5.74) is 0. The van der Waals surface area contributed by atoms with E-state index in [0.29, 0.717) is 0 Å². The van der Waals surface area contributed by atoms with E-state index in [-0.39, 0.29) is 19.6 Å². The Labute approximate surface area is 57.8 Å². The van der Waals surface area contributed by atoms with Crippen molar-refractivity contribution < 1.29 is 18.6 Å². The molecular formula is C6H10F2O2. The second kappa shape index (κ2) is 2.80. The van der Waals surface area contributed by atoms with Crippen molar-refractivity contribution in [1.29, 1.82) is 0 Å². The first-order valence-electron chi connectivity index (χ1n) is 3.23. The smallest absolute Gasteiger partial charge is 0.257 e. The summed E-state index contributed by atoms with van der Waals surface area (Å²) in [7, 11) is 0. The van der Waals surface area contributed by atoms with Gasteiger partial charge in [0, 0.05) is 6.42 Å². The van der Waals surface area contributed by atoms with Crippen LogP contribution in [0.2, 0.25) is 0 Å². The lowest BCUT2D eigenvalue weighted by Gasteiger charge is -2.29. The van der Waals surface area contributed by atoms with Gasteiger partial charge in [0.1, 0.15) is 0 Å². The number of rotatable bonds is 1. The zero-order chi connectivity index (χ0) is 7.61. The number of alkyl halides is 2. The van der Waals surface area contributed by atoms with E-state index in [9.17, 15) is 8.78 Å². The molecule has 0 aromatic heterocycles. The molecule has 1 saturated heterocycles. The van der Waals surface area contributed by atoms with Gasteiger partial charge in [-0.05, 0) is 0 Å². The van der Waals surface area contributed by atoms with Crippen LogP contribution in [0.25, 0.3) is 0 Å². The first kappa shape index (κ1) is 7.88. The van der Waals surface area contributed by atoms with Gasteiger partial charge in [-0.2, -0.15) is 0 Å². The van der Waals surface area contributed by atoms with E-state index in [1.54, 1.807) is 0 Å². The molecular weight excluding hydrogens is 142 g/mol. The number of halogens is 2. The first-order valence-corrected chi connectivity index (χ1v) is 3.23. The van der Waals surface area contributed by atoms with Gasteiger partial charge in [-0.3, -0.25) is 0 Å². The predicted octanol–water partition coefficient (Wildman–Crippen LogP) is 0.650. The summed E-state index contributed by atoms with van der Waals surface area (Å²) in [5, 5.41) is 8.47. The highest BCUT2D eigenvalue weighted by molar-refractivity contribution is 4.79. The molecule has 1 fully saturated rings. The Kier molecular flexibility index (Phi) is 2.21. The molecule has 0 saturated carbocycles. The van der Waals surface area contributed by atoms with Crippen molar-refractivity contribution in [2.75, 3.05) is 19.8 Å². The van der Waals surface area contributed by atoms with Gasteiger partial charge in [0.05, 0.1) is 25.7 Å². The van der Waals surface area contributed by atoms with Crippen molar-refractivity contribution in [2.24, 2.45) is 5.92 Å². The SMILES string of the molecule is OCC1COCCC1(F)F. The minimum Gasteiger partial charge on any atom is -0.396 e. The molecule has 0 amide bonds. The van der Waals surface area contributed by atoms with Gasteiger partial charge in [0.25, 0.3) is 5.92 Å². The van der Waals surface area contributed by atoms with E-state index in [4.69, 9.17) is 9.84 Å². The monoisotopic (exact) mass is 152 g/mol. The molecule has 1 aliphatic rings. The third kappa shape index (κ3) is 1.44. The van der Waals surface area contributed by atoms with E-state index in [2.05, 4.69) is 0 Å². The van der Waals surface area contributed by atoms with Gasteiger partial charge >= 0.3 is 0 Å². The topological polar surface area (TPSA) is 29.5 Å². The number of hydrogen-bond donors (Lipinski definition) is 1. The summed E-state index contributed by atoms with van der Waals surface area (Å²) >= 11 is 0. The Morgan fingerprint density at radius 1 is 1.60 bits per heavy atom. The van der Waals surface area contributed by atoms with Crippen LogP contribution in [0, 0.1) is 5.92 Å². The number of ether oxygens (including phenoxy) is 1. The van der Waals surface area contributed by atoms with Gasteiger partial charge in [0.2, 0.25) is 0 Å². The van der Waals surface area contributed by atoms with Crippen LogP contribution in [0.1, 0.15) is 6.42 Å². The molecule has 0 radical (unpaired) electrons. The molecule has 1 atom stereocenters. The molecule has 1 aliphatic heterocycles. The van der Waals surface area contributed by atoms with E-state index in [1.807, 2.05) is 0 Å². The van der Waals surface area contributed by atoms with Crippen molar-refractivity contribution in [3.63, 3.8) is 0 Å². The maximum Gasteiger partial charge on any atom is 0.257 e. The van der Waals surface area contributed by atoms with Crippen LogP contribution in [-0.2, 0) is 4.74 Å². The van der Waals surface area contributed by atoms with E-state index < -0.39 is 18.4 Å². The summed E-state index contributed by atoms with van der Waals surface area (Å²) < 4.78 is 30.0. The molecule has 0 aromatic rings. The van der Waals surface area contributed by atoms with Gasteiger partial charge in [0.15, 0.2) is 0 Å².